The van der Waals surface area contributed by atoms with Crippen LogP contribution in [0.5, 0.6) is 5.75 Å². The maximum atomic E-state index is 14.1. The number of para-hydroxylation sites is 1. The van der Waals surface area contributed by atoms with Gasteiger partial charge in [-0.25, -0.2) is 4.98 Å². The molecule has 1 aromatic carbocycles. The lowest BCUT2D eigenvalue weighted by atomic mass is 10.1. The molecule has 8 nitrogen and oxygen atoms in total. The molecule has 0 radical (unpaired) electrons. The molecular formula is C23H20F3N7O. The molecule has 1 aliphatic rings. The molecule has 0 bridgehead atoms. The van der Waals surface area contributed by atoms with Gasteiger partial charge in [0, 0.05) is 30.7 Å². The summed E-state index contributed by atoms with van der Waals surface area (Å²) in [7, 11) is 0. The van der Waals surface area contributed by atoms with Crippen molar-refractivity contribution in [3.05, 3.63) is 54.2 Å². The maximum Gasteiger partial charge on any atom is 0.408 e. The fraction of sp³-hybridized carbons (Fsp3) is 0.304. The van der Waals surface area contributed by atoms with Crippen LogP contribution >= 0.6 is 0 Å². The van der Waals surface area contributed by atoms with Crippen LogP contribution in [0.2, 0.25) is 0 Å². The van der Waals surface area contributed by atoms with E-state index in [-0.39, 0.29) is 31.3 Å². The molecule has 34 heavy (non-hydrogen) atoms. The molecule has 2 atom stereocenters. The van der Waals surface area contributed by atoms with Gasteiger partial charge in [-0.2, -0.15) is 18.4 Å². The fourth-order valence-electron chi connectivity index (χ4n) is 4.37. The second kappa shape index (κ2) is 8.55. The summed E-state index contributed by atoms with van der Waals surface area (Å²) in [5, 5.41) is 17.9. The first kappa shape index (κ1) is 22.1. The van der Waals surface area contributed by atoms with E-state index in [2.05, 4.69) is 15.2 Å². The van der Waals surface area contributed by atoms with E-state index >= 15 is 0 Å². The second-order valence-electron chi connectivity index (χ2n) is 8.17. The van der Waals surface area contributed by atoms with Crippen molar-refractivity contribution in [2.75, 3.05) is 19.7 Å². The number of nitrogens with zero attached hydrogens (tertiary/aromatic N) is 6. The van der Waals surface area contributed by atoms with E-state index < -0.39 is 12.2 Å². The third-order valence-corrected chi connectivity index (χ3v) is 5.88. The number of aromatic nitrogens is 4. The van der Waals surface area contributed by atoms with Gasteiger partial charge in [0.2, 0.25) is 0 Å². The van der Waals surface area contributed by atoms with E-state index in [1.54, 1.807) is 18.2 Å². The lowest BCUT2D eigenvalue weighted by molar-refractivity contribution is -0.183. The Morgan fingerprint density at radius 1 is 1.18 bits per heavy atom. The Labute approximate surface area is 192 Å². The number of hydrogen-bond acceptors (Lipinski definition) is 7. The Morgan fingerprint density at radius 3 is 2.76 bits per heavy atom. The van der Waals surface area contributed by atoms with Crippen molar-refractivity contribution >= 4 is 16.6 Å². The summed E-state index contributed by atoms with van der Waals surface area (Å²) < 4.78 is 49.2. The van der Waals surface area contributed by atoms with Gasteiger partial charge in [0.1, 0.15) is 29.1 Å². The Hall–Kier alpha value is -3.75. The molecule has 1 fully saturated rings. The molecule has 1 saturated heterocycles. The SMILES string of the molecule is N#CCOc1cccc2ccc(-c3nnc4ccc(C(N5CCC(N)C5)C(F)(F)F)cn34)nc12. The Balaban J connectivity index is 1.60. The number of fused-ring (bicyclic) bond motifs is 2. The lowest BCUT2D eigenvalue weighted by Crippen LogP contribution is -2.38. The molecule has 4 heterocycles. The summed E-state index contributed by atoms with van der Waals surface area (Å²) in [6.07, 6.45) is -2.54. The normalized spacial score (nSPS) is 17.8. The van der Waals surface area contributed by atoms with E-state index in [1.807, 2.05) is 18.2 Å². The van der Waals surface area contributed by atoms with E-state index in [1.165, 1.54) is 27.6 Å². The minimum absolute atomic E-state index is 0.0778. The summed E-state index contributed by atoms with van der Waals surface area (Å²) in [5.74, 6) is 0.728. The molecule has 3 aromatic heterocycles. The standard InChI is InChI=1S/C23H20F3N7O/c24-23(25,26)21(32-10-8-16(28)13-32)15-5-7-19-30-31-22(33(19)12-15)17-6-4-14-2-1-3-18(20(14)29-17)34-11-9-27/h1-7,12,16,21H,8,10-11,13,28H2. The van der Waals surface area contributed by atoms with Crippen LogP contribution in [0.3, 0.4) is 0 Å². The van der Waals surface area contributed by atoms with Crippen LogP contribution in [0.1, 0.15) is 18.0 Å². The van der Waals surface area contributed by atoms with Crippen LogP contribution in [0, 0.1) is 11.3 Å². The summed E-state index contributed by atoms with van der Waals surface area (Å²) in [6.45, 7) is 0.312. The summed E-state index contributed by atoms with van der Waals surface area (Å²) in [4.78, 5) is 5.99. The number of halogens is 3. The van der Waals surface area contributed by atoms with Gasteiger partial charge in [-0.15, -0.1) is 10.2 Å². The van der Waals surface area contributed by atoms with Crippen LogP contribution in [0.15, 0.2) is 48.7 Å². The van der Waals surface area contributed by atoms with Gasteiger partial charge in [0.05, 0.1) is 0 Å². The van der Waals surface area contributed by atoms with Gasteiger partial charge < -0.3 is 10.5 Å². The number of ether oxygens (including phenoxy) is 1. The average molecular weight is 467 g/mol. The van der Waals surface area contributed by atoms with Crippen LogP contribution in [-0.4, -0.2) is 56.4 Å². The molecule has 5 rings (SSSR count). The molecule has 0 amide bonds. The van der Waals surface area contributed by atoms with E-state index in [9.17, 15) is 13.2 Å². The van der Waals surface area contributed by atoms with Crippen molar-refractivity contribution in [2.45, 2.75) is 24.7 Å². The predicted molar refractivity (Wildman–Crippen MR) is 118 cm³/mol. The molecule has 0 spiro atoms. The zero-order valence-corrected chi connectivity index (χ0v) is 17.9. The molecule has 0 aliphatic carbocycles. The minimum atomic E-state index is -4.47. The second-order valence-corrected chi connectivity index (χ2v) is 8.17. The Bertz CT molecular complexity index is 1400. The molecule has 2 unspecified atom stereocenters. The quantitative estimate of drug-likeness (QED) is 0.479. The van der Waals surface area contributed by atoms with Gasteiger partial charge in [-0.1, -0.05) is 24.3 Å². The van der Waals surface area contributed by atoms with Crippen LogP contribution in [-0.2, 0) is 0 Å². The average Bonchev–Trinajstić information content (AvgIpc) is 3.42. The minimum Gasteiger partial charge on any atom is -0.476 e. The van der Waals surface area contributed by atoms with Gasteiger partial charge in [0.25, 0.3) is 0 Å². The van der Waals surface area contributed by atoms with Crippen molar-refractivity contribution in [3.8, 4) is 23.3 Å². The molecule has 4 aromatic rings. The topological polar surface area (TPSA) is 105 Å². The maximum absolute atomic E-state index is 14.1. The van der Waals surface area contributed by atoms with Crippen molar-refractivity contribution in [2.24, 2.45) is 5.73 Å². The molecule has 11 heteroatoms. The van der Waals surface area contributed by atoms with Gasteiger partial charge in [0.15, 0.2) is 18.1 Å². The monoisotopic (exact) mass is 467 g/mol. The first-order chi connectivity index (χ1) is 16.3. The lowest BCUT2D eigenvalue weighted by Gasteiger charge is -2.30. The first-order valence-corrected chi connectivity index (χ1v) is 10.7. The number of alkyl halides is 3. The number of pyridine rings is 2. The van der Waals surface area contributed by atoms with E-state index in [4.69, 9.17) is 15.7 Å². The molecule has 174 valence electrons. The number of rotatable bonds is 5. The first-order valence-electron chi connectivity index (χ1n) is 10.7. The molecule has 0 saturated carbocycles. The highest BCUT2D eigenvalue weighted by Crippen LogP contribution is 2.39. The zero-order chi connectivity index (χ0) is 23.9. The zero-order valence-electron chi connectivity index (χ0n) is 17.9. The van der Waals surface area contributed by atoms with Crippen molar-refractivity contribution in [1.29, 1.82) is 5.26 Å². The summed E-state index contributed by atoms with van der Waals surface area (Å²) in [5.41, 5.74) is 7.28. The third kappa shape index (κ3) is 4.02. The van der Waals surface area contributed by atoms with Crippen LogP contribution in [0.4, 0.5) is 13.2 Å². The van der Waals surface area contributed by atoms with Gasteiger partial charge >= 0.3 is 6.18 Å². The van der Waals surface area contributed by atoms with Gasteiger partial charge in [-0.05, 0) is 30.2 Å². The smallest absolute Gasteiger partial charge is 0.408 e. The van der Waals surface area contributed by atoms with E-state index in [0.29, 0.717) is 34.9 Å². The van der Waals surface area contributed by atoms with E-state index in [0.717, 1.165) is 5.39 Å². The predicted octanol–water partition coefficient (Wildman–Crippen LogP) is 3.48. The summed E-state index contributed by atoms with van der Waals surface area (Å²) in [6, 6.07) is 11.7. The number of benzene rings is 1. The highest BCUT2D eigenvalue weighted by molar-refractivity contribution is 5.86. The van der Waals surface area contributed by atoms with Gasteiger partial charge in [-0.3, -0.25) is 9.30 Å². The number of hydrogen-bond donors (Lipinski definition) is 1. The van der Waals surface area contributed by atoms with Crippen molar-refractivity contribution in [1.82, 2.24) is 24.5 Å². The highest BCUT2D eigenvalue weighted by atomic mass is 19.4. The Kier molecular flexibility index (Phi) is 5.55. The number of nitriles is 1. The third-order valence-electron chi connectivity index (χ3n) is 5.88. The Morgan fingerprint density at radius 2 is 2.03 bits per heavy atom. The van der Waals surface area contributed by atoms with Crippen molar-refractivity contribution < 1.29 is 17.9 Å². The highest BCUT2D eigenvalue weighted by Gasteiger charge is 2.46. The fourth-order valence-corrected chi connectivity index (χ4v) is 4.37. The molecule has 2 N–H and O–H groups in total. The molecule has 1 aliphatic heterocycles. The summed E-state index contributed by atoms with van der Waals surface area (Å²) >= 11 is 0. The molecular weight excluding hydrogens is 447 g/mol. The largest absolute Gasteiger partial charge is 0.476 e. The number of nitrogens with two attached hydrogens (primary N) is 1. The van der Waals surface area contributed by atoms with Crippen molar-refractivity contribution in [3.63, 3.8) is 0 Å². The van der Waals surface area contributed by atoms with Crippen LogP contribution < -0.4 is 10.5 Å². The number of likely N-dealkylation sites (tertiary alicyclic amines) is 1. The van der Waals surface area contributed by atoms with Crippen LogP contribution in [0.25, 0.3) is 28.1 Å².